The monoisotopic (exact) mass is 194 g/mol. The van der Waals surface area contributed by atoms with Crippen molar-refractivity contribution < 1.29 is 5.11 Å². The molecule has 2 unspecified atom stereocenters. The van der Waals surface area contributed by atoms with Crippen LogP contribution in [0.15, 0.2) is 30.3 Å². The number of aliphatic hydroxyl groups excluding tert-OH is 1. The summed E-state index contributed by atoms with van der Waals surface area (Å²) < 4.78 is 0. The van der Waals surface area contributed by atoms with Crippen LogP contribution in [0.5, 0.6) is 0 Å². The molecule has 0 aliphatic heterocycles. The summed E-state index contributed by atoms with van der Waals surface area (Å²) in [4.78, 5) is 1.72. The molecule has 78 valence electrons. The highest BCUT2D eigenvalue weighted by Gasteiger charge is 2.16. The summed E-state index contributed by atoms with van der Waals surface area (Å²) in [5, 5.41) is 9.66. The standard InChI is InChI=1S/C11H18N2O/c1-13(2)11(14)10(12)8-9-6-4-3-5-7-9/h3-7,10-11,14H,8,12H2,1-2H3. The molecule has 0 aliphatic carbocycles. The molecule has 2 atom stereocenters. The molecule has 1 aromatic rings. The number of hydrogen-bond donors (Lipinski definition) is 2. The number of hydrogen-bond acceptors (Lipinski definition) is 3. The maximum absolute atomic E-state index is 9.66. The van der Waals surface area contributed by atoms with Gasteiger partial charge in [-0.3, -0.25) is 4.90 Å². The minimum Gasteiger partial charge on any atom is -0.377 e. The van der Waals surface area contributed by atoms with Gasteiger partial charge in [-0.25, -0.2) is 0 Å². The van der Waals surface area contributed by atoms with E-state index >= 15 is 0 Å². The first kappa shape index (κ1) is 11.2. The zero-order chi connectivity index (χ0) is 10.6. The van der Waals surface area contributed by atoms with Crippen LogP contribution in [0.3, 0.4) is 0 Å². The van der Waals surface area contributed by atoms with E-state index in [1.165, 1.54) is 0 Å². The Kier molecular flexibility index (Phi) is 4.07. The van der Waals surface area contributed by atoms with Crippen molar-refractivity contribution in [2.45, 2.75) is 18.7 Å². The van der Waals surface area contributed by atoms with Crippen LogP contribution in [0.25, 0.3) is 0 Å². The van der Waals surface area contributed by atoms with E-state index in [-0.39, 0.29) is 6.04 Å². The van der Waals surface area contributed by atoms with Crippen molar-refractivity contribution in [2.75, 3.05) is 14.1 Å². The Bertz CT molecular complexity index is 261. The van der Waals surface area contributed by atoms with Gasteiger partial charge >= 0.3 is 0 Å². The molecule has 0 aromatic heterocycles. The van der Waals surface area contributed by atoms with Gasteiger partial charge in [-0.2, -0.15) is 0 Å². The Labute approximate surface area is 85.2 Å². The lowest BCUT2D eigenvalue weighted by Crippen LogP contribution is -2.45. The lowest BCUT2D eigenvalue weighted by Gasteiger charge is -2.24. The van der Waals surface area contributed by atoms with Gasteiger partial charge in [0.25, 0.3) is 0 Å². The molecule has 3 nitrogen and oxygen atoms in total. The minimum absolute atomic E-state index is 0.243. The number of nitrogens with zero attached hydrogens (tertiary/aromatic N) is 1. The number of rotatable bonds is 4. The fourth-order valence-corrected chi connectivity index (χ4v) is 1.37. The van der Waals surface area contributed by atoms with Crippen molar-refractivity contribution >= 4 is 0 Å². The maximum atomic E-state index is 9.66. The van der Waals surface area contributed by atoms with E-state index < -0.39 is 6.23 Å². The summed E-state index contributed by atoms with van der Waals surface area (Å²) in [7, 11) is 3.63. The lowest BCUT2D eigenvalue weighted by molar-refractivity contribution is 0.0186. The van der Waals surface area contributed by atoms with E-state index in [1.54, 1.807) is 4.90 Å². The third-order valence-electron chi connectivity index (χ3n) is 2.23. The number of benzene rings is 1. The van der Waals surface area contributed by atoms with E-state index in [4.69, 9.17) is 5.73 Å². The summed E-state index contributed by atoms with van der Waals surface area (Å²) in [6, 6.07) is 9.71. The van der Waals surface area contributed by atoms with Gasteiger partial charge in [-0.05, 0) is 26.1 Å². The molecule has 3 N–H and O–H groups in total. The van der Waals surface area contributed by atoms with E-state index in [9.17, 15) is 5.11 Å². The predicted octanol–water partition coefficient (Wildman–Crippen LogP) is 0.436. The topological polar surface area (TPSA) is 49.5 Å². The molecule has 0 bridgehead atoms. The Hall–Kier alpha value is -0.900. The lowest BCUT2D eigenvalue weighted by atomic mass is 10.1. The van der Waals surface area contributed by atoms with E-state index in [0.717, 1.165) is 5.56 Å². The van der Waals surface area contributed by atoms with E-state index in [0.29, 0.717) is 6.42 Å². The van der Waals surface area contributed by atoms with Crippen molar-refractivity contribution in [3.63, 3.8) is 0 Å². The second-order valence-electron chi connectivity index (χ2n) is 3.73. The molecule has 0 radical (unpaired) electrons. The molecule has 1 rings (SSSR count). The van der Waals surface area contributed by atoms with Crippen molar-refractivity contribution in [3.05, 3.63) is 35.9 Å². The average Bonchev–Trinajstić information content (AvgIpc) is 2.18. The van der Waals surface area contributed by atoms with Gasteiger partial charge in [-0.1, -0.05) is 30.3 Å². The summed E-state index contributed by atoms with van der Waals surface area (Å²) in [5.41, 5.74) is 7.01. The smallest absolute Gasteiger partial charge is 0.122 e. The normalized spacial score (nSPS) is 15.5. The maximum Gasteiger partial charge on any atom is 0.122 e. The zero-order valence-electron chi connectivity index (χ0n) is 8.72. The van der Waals surface area contributed by atoms with Crippen LogP contribution in [-0.2, 0) is 6.42 Å². The molecule has 14 heavy (non-hydrogen) atoms. The summed E-state index contributed by atoms with van der Waals surface area (Å²) in [6.45, 7) is 0. The van der Waals surface area contributed by atoms with Gasteiger partial charge in [0.2, 0.25) is 0 Å². The molecule has 0 fully saturated rings. The van der Waals surface area contributed by atoms with Gasteiger partial charge in [0, 0.05) is 6.04 Å². The molecule has 1 aromatic carbocycles. The molecule has 0 saturated carbocycles. The van der Waals surface area contributed by atoms with Crippen molar-refractivity contribution in [1.29, 1.82) is 0 Å². The van der Waals surface area contributed by atoms with Crippen molar-refractivity contribution in [3.8, 4) is 0 Å². The van der Waals surface area contributed by atoms with Gasteiger partial charge in [0.05, 0.1) is 0 Å². The number of nitrogens with two attached hydrogens (primary N) is 1. The molecule has 0 aliphatic rings. The first-order chi connectivity index (χ1) is 6.61. The second-order valence-corrected chi connectivity index (χ2v) is 3.73. The third-order valence-corrected chi connectivity index (χ3v) is 2.23. The first-order valence-electron chi connectivity index (χ1n) is 4.75. The van der Waals surface area contributed by atoms with Crippen LogP contribution in [0.2, 0.25) is 0 Å². The highest BCUT2D eigenvalue weighted by atomic mass is 16.3. The fraction of sp³-hybridized carbons (Fsp3) is 0.455. The highest BCUT2D eigenvalue weighted by molar-refractivity contribution is 5.15. The molecule has 0 saturated heterocycles. The Morgan fingerprint density at radius 3 is 2.36 bits per heavy atom. The van der Waals surface area contributed by atoms with E-state index in [1.807, 2.05) is 44.4 Å². The summed E-state index contributed by atoms with van der Waals surface area (Å²) in [5.74, 6) is 0. The summed E-state index contributed by atoms with van der Waals surface area (Å²) >= 11 is 0. The van der Waals surface area contributed by atoms with Crippen molar-refractivity contribution in [2.24, 2.45) is 5.73 Å². The predicted molar refractivity (Wildman–Crippen MR) is 57.8 cm³/mol. The van der Waals surface area contributed by atoms with Crippen LogP contribution in [-0.4, -0.2) is 36.4 Å². The average molecular weight is 194 g/mol. The first-order valence-corrected chi connectivity index (χ1v) is 4.75. The molecule has 3 heteroatoms. The van der Waals surface area contributed by atoms with Crippen LogP contribution in [0.1, 0.15) is 5.56 Å². The van der Waals surface area contributed by atoms with Crippen molar-refractivity contribution in [1.82, 2.24) is 4.90 Å². The molecule has 0 amide bonds. The minimum atomic E-state index is -0.588. The Balaban J connectivity index is 2.53. The molecule has 0 heterocycles. The molecular weight excluding hydrogens is 176 g/mol. The summed E-state index contributed by atoms with van der Waals surface area (Å²) in [6.07, 6.45) is 0.107. The zero-order valence-corrected chi connectivity index (χ0v) is 8.72. The van der Waals surface area contributed by atoms with Gasteiger partial charge < -0.3 is 10.8 Å². The van der Waals surface area contributed by atoms with Gasteiger partial charge in [0.1, 0.15) is 6.23 Å². The van der Waals surface area contributed by atoms with E-state index in [2.05, 4.69) is 0 Å². The number of likely N-dealkylation sites (N-methyl/N-ethyl adjacent to an activating group) is 1. The molecular formula is C11H18N2O. The van der Waals surface area contributed by atoms with Crippen LogP contribution >= 0.6 is 0 Å². The molecule has 0 spiro atoms. The number of aliphatic hydroxyl groups is 1. The van der Waals surface area contributed by atoms with Crippen LogP contribution in [0, 0.1) is 0 Å². The SMILES string of the molecule is CN(C)C(O)C(N)Cc1ccccc1. The largest absolute Gasteiger partial charge is 0.377 e. The quantitative estimate of drug-likeness (QED) is 0.684. The van der Waals surface area contributed by atoms with Gasteiger partial charge in [0.15, 0.2) is 0 Å². The third kappa shape index (κ3) is 3.10. The second kappa shape index (κ2) is 5.10. The highest BCUT2D eigenvalue weighted by Crippen LogP contribution is 2.05. The van der Waals surface area contributed by atoms with Gasteiger partial charge in [-0.15, -0.1) is 0 Å². The van der Waals surface area contributed by atoms with Crippen LogP contribution < -0.4 is 5.73 Å². The Morgan fingerprint density at radius 2 is 1.86 bits per heavy atom. The van der Waals surface area contributed by atoms with Crippen LogP contribution in [0.4, 0.5) is 0 Å². The fourth-order valence-electron chi connectivity index (χ4n) is 1.37. The Morgan fingerprint density at radius 1 is 1.29 bits per heavy atom.